The van der Waals surface area contributed by atoms with Gasteiger partial charge in [0.05, 0.1) is 94.8 Å². The Morgan fingerprint density at radius 1 is 0.676 bits per heavy atom. The minimum atomic E-state index is -0.363. The van der Waals surface area contributed by atoms with E-state index in [-0.39, 0.29) is 32.2 Å². The molecule has 0 amide bonds. The van der Waals surface area contributed by atoms with Crippen molar-refractivity contribution in [3.8, 4) is 0 Å². The number of aliphatic hydroxyl groups is 1. The maximum atomic E-state index is 12.3. The lowest BCUT2D eigenvalue weighted by Crippen LogP contribution is -2.16. The second-order valence-corrected chi connectivity index (χ2v) is 8.38. The van der Waals surface area contributed by atoms with Gasteiger partial charge in [-0.05, 0) is 23.8 Å². The van der Waals surface area contributed by atoms with Crippen molar-refractivity contribution < 1.29 is 38.3 Å². The predicted octanol–water partition coefficient (Wildman–Crippen LogP) is 3.90. The van der Waals surface area contributed by atoms with Crippen molar-refractivity contribution in [3.63, 3.8) is 0 Å². The van der Waals surface area contributed by atoms with Crippen molar-refractivity contribution in [2.24, 2.45) is 0 Å². The Balaban J connectivity index is 1.48. The van der Waals surface area contributed by atoms with Crippen molar-refractivity contribution >= 4 is 40.5 Å². The minimum absolute atomic E-state index is 0.0123. The summed E-state index contributed by atoms with van der Waals surface area (Å²) in [7, 11) is 0. The first-order chi connectivity index (χ1) is 18.1. The first kappa shape index (κ1) is 31.3. The Labute approximate surface area is 227 Å². The maximum Gasteiger partial charge on any atom is 0.310 e. The van der Waals surface area contributed by atoms with Crippen LogP contribution in [0.2, 0.25) is 10.0 Å². The van der Waals surface area contributed by atoms with Crippen LogP contribution in [0.4, 0.5) is 11.4 Å². The summed E-state index contributed by atoms with van der Waals surface area (Å²) in [6, 6.07) is 12.6. The second kappa shape index (κ2) is 20.1. The molecule has 2 aromatic rings. The predicted molar refractivity (Wildman–Crippen MR) is 142 cm³/mol. The molecule has 0 unspecified atom stereocenters. The van der Waals surface area contributed by atoms with E-state index in [1.54, 1.807) is 18.2 Å². The van der Waals surface area contributed by atoms with Crippen LogP contribution >= 0.6 is 23.2 Å². The Morgan fingerprint density at radius 2 is 1.16 bits per heavy atom. The summed E-state index contributed by atoms with van der Waals surface area (Å²) in [4.78, 5) is 12.3. The van der Waals surface area contributed by atoms with Gasteiger partial charge in [-0.3, -0.25) is 4.79 Å². The minimum Gasteiger partial charge on any atom is -0.463 e. The molecule has 0 saturated carbocycles. The van der Waals surface area contributed by atoms with E-state index in [0.29, 0.717) is 75.2 Å². The number of benzene rings is 2. The van der Waals surface area contributed by atoms with Crippen molar-refractivity contribution in [2.75, 3.05) is 84.6 Å². The van der Waals surface area contributed by atoms with Crippen LogP contribution in [0.3, 0.4) is 0 Å². The summed E-state index contributed by atoms with van der Waals surface area (Å²) in [6.45, 7) is 4.34. The van der Waals surface area contributed by atoms with Crippen molar-refractivity contribution in [2.45, 2.75) is 6.42 Å². The van der Waals surface area contributed by atoms with Gasteiger partial charge in [0.15, 0.2) is 0 Å². The molecular formula is C26H35Cl2NO8. The zero-order chi connectivity index (χ0) is 26.6. The third-order valence-corrected chi connectivity index (χ3v) is 5.42. The van der Waals surface area contributed by atoms with E-state index in [1.807, 2.05) is 24.3 Å². The highest BCUT2D eigenvalue weighted by molar-refractivity contribution is 6.39. The molecule has 0 saturated heterocycles. The fourth-order valence-corrected chi connectivity index (χ4v) is 3.51. The Kier molecular flexibility index (Phi) is 17.0. The number of aliphatic hydroxyl groups excluding tert-OH is 1. The number of para-hydroxylation sites is 2. The van der Waals surface area contributed by atoms with E-state index >= 15 is 0 Å². The molecule has 2 rings (SSSR count). The summed E-state index contributed by atoms with van der Waals surface area (Å²) >= 11 is 12.5. The molecule has 0 radical (unpaired) electrons. The lowest BCUT2D eigenvalue weighted by molar-refractivity contribution is -0.144. The number of halogens is 2. The van der Waals surface area contributed by atoms with Crippen LogP contribution in [-0.4, -0.2) is 90.4 Å². The smallest absolute Gasteiger partial charge is 0.310 e. The van der Waals surface area contributed by atoms with Crippen LogP contribution in [0.5, 0.6) is 0 Å². The van der Waals surface area contributed by atoms with Gasteiger partial charge >= 0.3 is 5.97 Å². The Hall–Kier alpha value is -1.95. The van der Waals surface area contributed by atoms with Gasteiger partial charge in [-0.1, -0.05) is 47.5 Å². The molecule has 0 heterocycles. The van der Waals surface area contributed by atoms with Gasteiger partial charge in [0, 0.05) is 5.69 Å². The number of hydrogen-bond acceptors (Lipinski definition) is 9. The molecule has 9 nitrogen and oxygen atoms in total. The Morgan fingerprint density at radius 3 is 1.70 bits per heavy atom. The summed E-state index contributed by atoms with van der Waals surface area (Å²) in [5.74, 6) is -0.363. The Bertz CT molecular complexity index is 882. The van der Waals surface area contributed by atoms with Crippen molar-refractivity contribution in [1.29, 1.82) is 0 Å². The van der Waals surface area contributed by atoms with E-state index < -0.39 is 0 Å². The highest BCUT2D eigenvalue weighted by Crippen LogP contribution is 2.33. The lowest BCUT2D eigenvalue weighted by Gasteiger charge is -2.14. The van der Waals surface area contributed by atoms with Crippen molar-refractivity contribution in [3.05, 3.63) is 58.1 Å². The molecule has 206 valence electrons. The van der Waals surface area contributed by atoms with Crippen LogP contribution in [-0.2, 0) is 39.6 Å². The van der Waals surface area contributed by atoms with Crippen LogP contribution in [0.15, 0.2) is 42.5 Å². The number of carbonyl (C=O) groups is 1. The van der Waals surface area contributed by atoms with Crippen LogP contribution in [0.1, 0.15) is 5.56 Å². The molecule has 0 atom stereocenters. The highest BCUT2D eigenvalue weighted by Gasteiger charge is 2.12. The monoisotopic (exact) mass is 559 g/mol. The standard InChI is InChI=1S/C26H35Cl2NO8/c27-22-5-3-6-23(28)26(22)29-24-7-2-1-4-21(24)20-25(31)37-19-18-36-17-16-35-15-14-34-13-12-33-11-10-32-9-8-30/h1-7,29-30H,8-20H2. The van der Waals surface area contributed by atoms with E-state index in [0.717, 1.165) is 11.3 Å². The van der Waals surface area contributed by atoms with Crippen molar-refractivity contribution in [1.82, 2.24) is 0 Å². The zero-order valence-corrected chi connectivity index (χ0v) is 22.3. The van der Waals surface area contributed by atoms with Gasteiger partial charge < -0.3 is 38.8 Å². The summed E-state index contributed by atoms with van der Waals surface area (Å²) < 4.78 is 31.9. The molecule has 0 aromatic heterocycles. The number of ether oxygens (including phenoxy) is 6. The average Bonchev–Trinajstić information content (AvgIpc) is 2.89. The molecule has 0 aliphatic rings. The third kappa shape index (κ3) is 14.0. The third-order valence-electron chi connectivity index (χ3n) is 4.79. The van der Waals surface area contributed by atoms with Gasteiger partial charge in [-0.2, -0.15) is 0 Å². The number of anilines is 2. The van der Waals surface area contributed by atoms with Crippen LogP contribution < -0.4 is 5.32 Å². The summed E-state index contributed by atoms with van der Waals surface area (Å²) in [5, 5.41) is 12.7. The van der Waals surface area contributed by atoms with Gasteiger partial charge in [-0.25, -0.2) is 0 Å². The molecule has 0 aliphatic carbocycles. The fraction of sp³-hybridized carbons (Fsp3) is 0.500. The summed E-state index contributed by atoms with van der Waals surface area (Å²) in [6.07, 6.45) is 0.0941. The lowest BCUT2D eigenvalue weighted by atomic mass is 10.1. The van der Waals surface area contributed by atoms with Gasteiger partial charge in [0.2, 0.25) is 0 Å². The summed E-state index contributed by atoms with van der Waals surface area (Å²) in [5.41, 5.74) is 2.07. The maximum absolute atomic E-state index is 12.3. The van der Waals surface area contributed by atoms with E-state index in [2.05, 4.69) is 5.32 Å². The molecule has 11 heteroatoms. The van der Waals surface area contributed by atoms with E-state index in [9.17, 15) is 4.79 Å². The molecule has 2 aromatic carbocycles. The number of rotatable bonds is 21. The topological polar surface area (TPSA) is 105 Å². The molecule has 0 fully saturated rings. The molecule has 0 spiro atoms. The fourth-order valence-electron chi connectivity index (χ4n) is 3.02. The van der Waals surface area contributed by atoms with Crippen LogP contribution in [0.25, 0.3) is 0 Å². The number of esters is 1. The first-order valence-corrected chi connectivity index (χ1v) is 12.8. The quantitative estimate of drug-likeness (QED) is 0.174. The molecular weight excluding hydrogens is 525 g/mol. The van der Waals surface area contributed by atoms with E-state index in [4.69, 9.17) is 56.7 Å². The zero-order valence-electron chi connectivity index (χ0n) is 20.8. The first-order valence-electron chi connectivity index (χ1n) is 12.1. The second-order valence-electron chi connectivity index (χ2n) is 7.56. The van der Waals surface area contributed by atoms with Gasteiger partial charge in [0.25, 0.3) is 0 Å². The van der Waals surface area contributed by atoms with Gasteiger partial charge in [-0.15, -0.1) is 0 Å². The molecule has 37 heavy (non-hydrogen) atoms. The van der Waals surface area contributed by atoms with Crippen LogP contribution in [0, 0.1) is 0 Å². The average molecular weight is 560 g/mol. The van der Waals surface area contributed by atoms with Gasteiger partial charge in [0.1, 0.15) is 6.61 Å². The number of nitrogens with one attached hydrogen (secondary N) is 1. The number of carbonyl (C=O) groups excluding carboxylic acids is 1. The SMILES string of the molecule is O=C(Cc1ccccc1Nc1c(Cl)cccc1Cl)OCCOCCOCCOCCOCCOCCO. The highest BCUT2D eigenvalue weighted by atomic mass is 35.5. The molecule has 2 N–H and O–H groups in total. The molecule has 0 bridgehead atoms. The largest absolute Gasteiger partial charge is 0.463 e. The normalized spacial score (nSPS) is 11.0. The number of hydrogen-bond donors (Lipinski definition) is 2. The molecule has 0 aliphatic heterocycles. The van der Waals surface area contributed by atoms with E-state index in [1.165, 1.54) is 0 Å².